The van der Waals surface area contributed by atoms with Crippen LogP contribution in [0.2, 0.25) is 0 Å². The van der Waals surface area contributed by atoms with E-state index in [4.69, 9.17) is 17.5 Å². The van der Waals surface area contributed by atoms with E-state index in [1.54, 1.807) is 0 Å². The van der Waals surface area contributed by atoms with E-state index < -0.39 is 10.4 Å². The zero-order chi connectivity index (χ0) is 7.21. The van der Waals surface area contributed by atoms with Gasteiger partial charge in [0.05, 0.1) is 0 Å². The third kappa shape index (κ3) is 1730. The van der Waals surface area contributed by atoms with E-state index in [2.05, 4.69) is 6.58 Å². The molecular weight excluding hydrogens is 214 g/mol. The van der Waals surface area contributed by atoms with Crippen molar-refractivity contribution in [3.05, 3.63) is 12.3 Å². The van der Waals surface area contributed by atoms with Gasteiger partial charge in [-0.25, -0.2) is 0 Å². The van der Waals surface area contributed by atoms with E-state index in [1.807, 2.05) is 5.70 Å². The van der Waals surface area contributed by atoms with Crippen LogP contribution in [0.15, 0.2) is 12.3 Å². The fourth-order valence-corrected chi connectivity index (χ4v) is 0. The fraction of sp³-hybridized carbons (Fsp3) is 0. The van der Waals surface area contributed by atoms with Crippen LogP contribution >= 0.6 is 0 Å². The van der Waals surface area contributed by atoms with Crippen molar-refractivity contribution in [1.29, 1.82) is 0 Å². The van der Waals surface area contributed by atoms with Gasteiger partial charge < -0.3 is 9.11 Å². The quantitative estimate of drug-likeness (QED) is 0.272. The number of hydrogen-bond donors (Lipinski definition) is 0. The molecular formula is C2H6O4SSiZn. The molecule has 0 heterocycles. The van der Waals surface area contributed by atoms with Gasteiger partial charge in [-0.05, 0) is 0 Å². The van der Waals surface area contributed by atoms with Crippen LogP contribution < -0.4 is 0 Å². The van der Waals surface area contributed by atoms with Crippen LogP contribution in [-0.4, -0.2) is 27.8 Å². The zero-order valence-corrected chi connectivity index (χ0v) is 10.8. The molecule has 0 spiro atoms. The molecule has 0 N–H and O–H groups in total. The van der Waals surface area contributed by atoms with Crippen molar-refractivity contribution in [3.8, 4) is 0 Å². The van der Waals surface area contributed by atoms with Gasteiger partial charge in [0.25, 0.3) is 0 Å². The summed E-state index contributed by atoms with van der Waals surface area (Å²) in [6, 6.07) is 0. The maximum atomic E-state index is 8.52. The van der Waals surface area contributed by atoms with Crippen LogP contribution in [0, 0.1) is 0 Å². The van der Waals surface area contributed by atoms with E-state index >= 15 is 0 Å². The monoisotopic (exact) mass is 218 g/mol. The standard InChI is InChI=1S/C2H6Si.H2O4S.Zn/c1-2-3;1-5(2,3)4;/h2H,1H2,3H3;(H2,1,2,3,4);/q;;+2/p-2. The average molecular weight is 220 g/mol. The average Bonchev–Trinajstić information content (AvgIpc) is 1.27. The summed E-state index contributed by atoms with van der Waals surface area (Å²) in [5, 5.41) is 0. The minimum absolute atomic E-state index is 0. The second kappa shape index (κ2) is 8.45. The van der Waals surface area contributed by atoms with Gasteiger partial charge in [-0.1, -0.05) is 0 Å². The molecule has 0 bridgehead atoms. The van der Waals surface area contributed by atoms with Gasteiger partial charge in [0.2, 0.25) is 0 Å². The molecule has 9 heavy (non-hydrogen) atoms. The van der Waals surface area contributed by atoms with E-state index in [0.717, 1.165) is 10.2 Å². The largest absolute Gasteiger partial charge is 2.00 e. The van der Waals surface area contributed by atoms with Crippen molar-refractivity contribution in [1.82, 2.24) is 0 Å². The second-order valence-electron chi connectivity index (χ2n) is 0.816. The van der Waals surface area contributed by atoms with Gasteiger partial charge in [0, 0.05) is 20.6 Å². The van der Waals surface area contributed by atoms with Gasteiger partial charge in [0.1, 0.15) is 0 Å². The molecule has 0 aromatic rings. The van der Waals surface area contributed by atoms with Crippen LogP contribution in [0.25, 0.3) is 0 Å². The Morgan fingerprint density at radius 2 is 1.44 bits per heavy atom. The molecule has 0 rings (SSSR count). The minimum Gasteiger partial charge on any atom is -0.759 e. The van der Waals surface area contributed by atoms with Crippen molar-refractivity contribution < 1.29 is 37.0 Å². The topological polar surface area (TPSA) is 80.3 Å². The first-order valence-corrected chi connectivity index (χ1v) is 4.14. The Labute approximate surface area is 70.1 Å². The summed E-state index contributed by atoms with van der Waals surface area (Å²) in [5.74, 6) is 0. The van der Waals surface area contributed by atoms with E-state index in [-0.39, 0.29) is 19.5 Å². The van der Waals surface area contributed by atoms with Gasteiger partial charge in [0.15, 0.2) is 0 Å². The molecule has 0 saturated carbocycles. The second-order valence-corrected chi connectivity index (χ2v) is 2.45. The minimum atomic E-state index is -5.17. The molecule has 50 valence electrons. The van der Waals surface area contributed by atoms with E-state index in [9.17, 15) is 0 Å². The Balaban J connectivity index is -0.0000000800. The maximum absolute atomic E-state index is 8.52. The first-order valence-electron chi connectivity index (χ1n) is 1.65. The van der Waals surface area contributed by atoms with Crippen molar-refractivity contribution in [2.45, 2.75) is 0 Å². The molecule has 0 aliphatic carbocycles. The van der Waals surface area contributed by atoms with Crippen molar-refractivity contribution in [2.24, 2.45) is 0 Å². The van der Waals surface area contributed by atoms with Crippen molar-refractivity contribution in [3.63, 3.8) is 0 Å². The Morgan fingerprint density at radius 1 is 1.44 bits per heavy atom. The molecule has 0 radical (unpaired) electrons. The summed E-state index contributed by atoms with van der Waals surface area (Å²) in [5.41, 5.74) is 1.89. The summed E-state index contributed by atoms with van der Waals surface area (Å²) in [6.45, 7) is 3.42. The predicted octanol–water partition coefficient (Wildman–Crippen LogP) is -1.85. The molecule has 0 saturated heterocycles. The first kappa shape index (κ1) is 16.2. The number of hydrogen-bond acceptors (Lipinski definition) is 4. The Morgan fingerprint density at radius 3 is 1.44 bits per heavy atom. The van der Waals surface area contributed by atoms with Gasteiger partial charge in [-0.2, -0.15) is 0 Å². The number of rotatable bonds is 0. The summed E-state index contributed by atoms with van der Waals surface area (Å²) < 4.78 is 34.1. The van der Waals surface area contributed by atoms with E-state index in [0.29, 0.717) is 0 Å². The summed E-state index contributed by atoms with van der Waals surface area (Å²) in [4.78, 5) is 0. The molecule has 0 unspecified atom stereocenters. The van der Waals surface area contributed by atoms with Crippen LogP contribution in [0.1, 0.15) is 0 Å². The SMILES string of the molecule is C=C[SiH3].O=S(=O)([O-])[O-].[Zn+2]. The third-order valence-electron chi connectivity index (χ3n) is 0. The normalized spacial score (nSPS) is 8.22. The van der Waals surface area contributed by atoms with Crippen LogP contribution in [0.3, 0.4) is 0 Å². The predicted molar refractivity (Wildman–Crippen MR) is 30.6 cm³/mol. The molecule has 0 atom stereocenters. The Hall–Kier alpha value is 0.450. The summed E-state index contributed by atoms with van der Waals surface area (Å²) >= 11 is 0. The van der Waals surface area contributed by atoms with Crippen molar-refractivity contribution >= 4 is 20.6 Å². The summed E-state index contributed by atoms with van der Waals surface area (Å²) in [6.07, 6.45) is 0. The van der Waals surface area contributed by atoms with Gasteiger partial charge in [-0.15, -0.1) is 12.3 Å². The maximum Gasteiger partial charge on any atom is 2.00 e. The van der Waals surface area contributed by atoms with Gasteiger partial charge in [-0.3, -0.25) is 8.42 Å². The Bertz CT molecular complexity index is 133. The van der Waals surface area contributed by atoms with Crippen LogP contribution in [0.4, 0.5) is 0 Å². The third-order valence-corrected chi connectivity index (χ3v) is 0. The molecule has 0 aromatic carbocycles. The fourth-order valence-electron chi connectivity index (χ4n) is 0. The molecule has 0 aliphatic rings. The molecule has 0 aliphatic heterocycles. The van der Waals surface area contributed by atoms with Crippen molar-refractivity contribution in [2.75, 3.05) is 0 Å². The molecule has 0 amide bonds. The summed E-state index contributed by atoms with van der Waals surface area (Å²) in [7, 11) is -4.03. The Kier molecular flexibility index (Phi) is 15.2. The van der Waals surface area contributed by atoms with E-state index in [1.165, 1.54) is 0 Å². The molecule has 7 heteroatoms. The molecule has 0 fully saturated rings. The molecule has 0 aromatic heterocycles. The van der Waals surface area contributed by atoms with Crippen LogP contribution in [-0.2, 0) is 29.9 Å². The first-order chi connectivity index (χ1) is 3.41. The molecule has 4 nitrogen and oxygen atoms in total. The smallest absolute Gasteiger partial charge is 0.759 e. The van der Waals surface area contributed by atoms with Gasteiger partial charge >= 0.3 is 19.5 Å². The zero-order valence-electron chi connectivity index (χ0n) is 5.03. The van der Waals surface area contributed by atoms with Crippen LogP contribution in [0.5, 0.6) is 0 Å².